The number of nitrogens with one attached hydrogen (secondary N) is 2. The second-order valence-electron chi connectivity index (χ2n) is 5.23. The Morgan fingerprint density at radius 3 is 2.60 bits per heavy atom. The van der Waals surface area contributed by atoms with Crippen LogP contribution in [-0.4, -0.2) is 31.7 Å². The molecule has 2 aromatic carbocycles. The molecule has 0 aliphatic carbocycles. The first kappa shape index (κ1) is 18.7. The van der Waals surface area contributed by atoms with E-state index >= 15 is 0 Å². The van der Waals surface area contributed by atoms with Gasteiger partial charge >= 0.3 is 0 Å². The minimum atomic E-state index is -0.425. The van der Waals surface area contributed by atoms with Crippen molar-refractivity contribution < 1.29 is 14.3 Å². The first-order valence-electron chi connectivity index (χ1n) is 7.50. The highest BCUT2D eigenvalue weighted by molar-refractivity contribution is 9.10. The van der Waals surface area contributed by atoms with Crippen molar-refractivity contribution in [3.63, 3.8) is 0 Å². The Morgan fingerprint density at radius 1 is 1.20 bits per heavy atom. The average molecular weight is 404 g/mol. The van der Waals surface area contributed by atoms with Gasteiger partial charge in [-0.3, -0.25) is 9.59 Å². The number of ether oxygens (including phenoxy) is 1. The molecule has 2 aromatic rings. The Bertz CT molecular complexity index is 789. The number of nitrogens with zero attached hydrogens (tertiary/aromatic N) is 1. The predicted octanol–water partition coefficient (Wildman–Crippen LogP) is 2.65. The lowest BCUT2D eigenvalue weighted by Gasteiger charge is -2.06. The Hall–Kier alpha value is -2.67. The fraction of sp³-hybridized carbons (Fsp3) is 0.167. The third-order valence-corrected chi connectivity index (χ3v) is 3.80. The number of hydrogen-bond donors (Lipinski definition) is 2. The van der Waals surface area contributed by atoms with Gasteiger partial charge in [0.2, 0.25) is 0 Å². The molecule has 0 aliphatic rings. The smallest absolute Gasteiger partial charge is 0.259 e. The summed E-state index contributed by atoms with van der Waals surface area (Å²) in [6, 6.07) is 12.5. The maximum atomic E-state index is 11.9. The molecular formula is C18H18BrN3O3. The lowest BCUT2D eigenvalue weighted by Crippen LogP contribution is -2.34. The zero-order valence-corrected chi connectivity index (χ0v) is 15.5. The Labute approximate surface area is 154 Å². The molecule has 7 heteroatoms. The van der Waals surface area contributed by atoms with E-state index in [2.05, 4.69) is 31.8 Å². The normalized spacial score (nSPS) is 10.5. The van der Waals surface area contributed by atoms with Crippen molar-refractivity contribution in [1.82, 2.24) is 10.7 Å². The summed E-state index contributed by atoms with van der Waals surface area (Å²) < 4.78 is 6.08. The number of carbonyl (C=O) groups excluding carboxylic acids is 2. The molecule has 2 N–H and O–H groups in total. The van der Waals surface area contributed by atoms with E-state index < -0.39 is 5.91 Å². The SMILES string of the molecule is COc1ccc(Br)cc1C=NNC(=O)CNC(=O)c1ccc(C)cc1. The van der Waals surface area contributed by atoms with E-state index in [1.807, 2.05) is 31.2 Å². The number of halogens is 1. The van der Waals surface area contributed by atoms with Gasteiger partial charge in [0.05, 0.1) is 19.9 Å². The molecule has 0 spiro atoms. The van der Waals surface area contributed by atoms with Crippen molar-refractivity contribution in [2.24, 2.45) is 5.10 Å². The van der Waals surface area contributed by atoms with E-state index in [1.165, 1.54) is 6.21 Å². The number of benzene rings is 2. The van der Waals surface area contributed by atoms with E-state index in [0.717, 1.165) is 10.0 Å². The fourth-order valence-corrected chi connectivity index (χ4v) is 2.37. The molecule has 6 nitrogen and oxygen atoms in total. The second-order valence-corrected chi connectivity index (χ2v) is 6.14. The highest BCUT2D eigenvalue weighted by Crippen LogP contribution is 2.21. The zero-order chi connectivity index (χ0) is 18.2. The molecule has 0 atom stereocenters. The van der Waals surface area contributed by atoms with Gasteiger partial charge in [0.1, 0.15) is 5.75 Å². The maximum Gasteiger partial charge on any atom is 0.259 e. The number of hydrogen-bond acceptors (Lipinski definition) is 4. The van der Waals surface area contributed by atoms with Crippen molar-refractivity contribution in [3.8, 4) is 5.75 Å². The number of rotatable bonds is 6. The lowest BCUT2D eigenvalue weighted by molar-refractivity contribution is -0.120. The van der Waals surface area contributed by atoms with E-state index in [4.69, 9.17) is 4.74 Å². The first-order chi connectivity index (χ1) is 12.0. The minimum Gasteiger partial charge on any atom is -0.496 e. The standard InChI is InChI=1S/C18H18BrN3O3/c1-12-3-5-13(6-4-12)18(24)20-11-17(23)22-21-10-14-9-15(19)7-8-16(14)25-2/h3-10H,11H2,1-2H3,(H,20,24)(H,22,23). The van der Waals surface area contributed by atoms with Gasteiger partial charge in [-0.1, -0.05) is 33.6 Å². The molecule has 0 aromatic heterocycles. The van der Waals surface area contributed by atoms with Crippen molar-refractivity contribution in [3.05, 3.63) is 63.6 Å². The van der Waals surface area contributed by atoms with E-state index in [9.17, 15) is 9.59 Å². The molecule has 0 saturated carbocycles. The van der Waals surface area contributed by atoms with E-state index in [1.54, 1.807) is 25.3 Å². The molecule has 0 fully saturated rings. The molecule has 2 amide bonds. The number of methoxy groups -OCH3 is 1. The van der Waals surface area contributed by atoms with Gasteiger partial charge in [-0.25, -0.2) is 5.43 Å². The molecule has 0 radical (unpaired) electrons. The summed E-state index contributed by atoms with van der Waals surface area (Å²) in [4.78, 5) is 23.7. The molecule has 0 saturated heterocycles. The number of aryl methyl sites for hydroxylation is 1. The van der Waals surface area contributed by atoms with E-state index in [0.29, 0.717) is 16.9 Å². The zero-order valence-electron chi connectivity index (χ0n) is 13.9. The van der Waals surface area contributed by atoms with Crippen LogP contribution >= 0.6 is 15.9 Å². The third-order valence-electron chi connectivity index (χ3n) is 3.31. The van der Waals surface area contributed by atoms with Crippen LogP contribution in [0, 0.1) is 6.92 Å². The third kappa shape index (κ3) is 5.72. The highest BCUT2D eigenvalue weighted by atomic mass is 79.9. The summed E-state index contributed by atoms with van der Waals surface area (Å²) in [5.41, 5.74) is 4.63. The van der Waals surface area contributed by atoms with Gasteiger partial charge in [-0.05, 0) is 37.3 Å². The molecule has 0 heterocycles. The van der Waals surface area contributed by atoms with Crippen LogP contribution in [0.4, 0.5) is 0 Å². The largest absolute Gasteiger partial charge is 0.496 e. The Morgan fingerprint density at radius 2 is 1.92 bits per heavy atom. The second kappa shape index (κ2) is 8.98. The average Bonchev–Trinajstić information content (AvgIpc) is 2.60. The predicted molar refractivity (Wildman–Crippen MR) is 99.9 cm³/mol. The summed E-state index contributed by atoms with van der Waals surface area (Å²) in [7, 11) is 1.56. The van der Waals surface area contributed by atoms with Crippen LogP contribution in [0.3, 0.4) is 0 Å². The summed E-state index contributed by atoms with van der Waals surface area (Å²) in [6.07, 6.45) is 1.48. The van der Waals surface area contributed by atoms with Crippen LogP contribution < -0.4 is 15.5 Å². The lowest BCUT2D eigenvalue weighted by atomic mass is 10.1. The van der Waals surface area contributed by atoms with Gasteiger partial charge in [0.25, 0.3) is 11.8 Å². The molecular weight excluding hydrogens is 386 g/mol. The van der Waals surface area contributed by atoms with Crippen LogP contribution in [0.5, 0.6) is 5.75 Å². The van der Waals surface area contributed by atoms with Crippen LogP contribution in [0.1, 0.15) is 21.5 Å². The van der Waals surface area contributed by atoms with Crippen LogP contribution in [0.2, 0.25) is 0 Å². The minimum absolute atomic E-state index is 0.167. The van der Waals surface area contributed by atoms with Crippen molar-refractivity contribution in [2.75, 3.05) is 13.7 Å². The maximum absolute atomic E-state index is 11.9. The summed E-state index contributed by atoms with van der Waals surface area (Å²) >= 11 is 3.36. The monoisotopic (exact) mass is 403 g/mol. The van der Waals surface area contributed by atoms with Crippen LogP contribution in [-0.2, 0) is 4.79 Å². The molecule has 2 rings (SSSR count). The molecule has 0 unspecified atom stereocenters. The van der Waals surface area contributed by atoms with Crippen molar-refractivity contribution in [2.45, 2.75) is 6.92 Å². The summed E-state index contributed by atoms with van der Waals surface area (Å²) in [5.74, 6) is -0.104. The Balaban J connectivity index is 1.85. The first-order valence-corrected chi connectivity index (χ1v) is 8.29. The van der Waals surface area contributed by atoms with E-state index in [-0.39, 0.29) is 12.5 Å². The highest BCUT2D eigenvalue weighted by Gasteiger charge is 2.07. The molecule has 0 aliphatic heterocycles. The molecule has 0 bridgehead atoms. The van der Waals surface area contributed by atoms with Gasteiger partial charge in [0, 0.05) is 15.6 Å². The van der Waals surface area contributed by atoms with Gasteiger partial charge in [0.15, 0.2) is 0 Å². The number of amides is 2. The number of hydrazone groups is 1. The number of carbonyl (C=O) groups is 2. The van der Waals surface area contributed by atoms with Crippen molar-refractivity contribution >= 4 is 34.0 Å². The van der Waals surface area contributed by atoms with Crippen LogP contribution in [0.15, 0.2) is 52.0 Å². The summed E-state index contributed by atoms with van der Waals surface area (Å²) in [5, 5.41) is 6.42. The van der Waals surface area contributed by atoms with Crippen molar-refractivity contribution in [1.29, 1.82) is 0 Å². The molecule has 130 valence electrons. The fourth-order valence-electron chi connectivity index (χ4n) is 1.99. The molecule has 25 heavy (non-hydrogen) atoms. The summed E-state index contributed by atoms with van der Waals surface area (Å²) in [6.45, 7) is 1.77. The van der Waals surface area contributed by atoms with Crippen LogP contribution in [0.25, 0.3) is 0 Å². The topological polar surface area (TPSA) is 79.8 Å². The van der Waals surface area contributed by atoms with Gasteiger partial charge < -0.3 is 10.1 Å². The van der Waals surface area contributed by atoms with Gasteiger partial charge in [-0.2, -0.15) is 5.10 Å². The van der Waals surface area contributed by atoms with Gasteiger partial charge in [-0.15, -0.1) is 0 Å². The Kier molecular flexibility index (Phi) is 6.71. The quantitative estimate of drug-likeness (QED) is 0.574.